The second-order valence-electron chi connectivity index (χ2n) is 5.96. The molecule has 5 nitrogen and oxygen atoms in total. The van der Waals surface area contributed by atoms with Crippen molar-refractivity contribution in [1.82, 2.24) is 4.31 Å². The van der Waals surface area contributed by atoms with Gasteiger partial charge in [0.05, 0.1) is 23.5 Å². The number of nitrogens with zero attached hydrogens (tertiary/aromatic N) is 2. The molecule has 2 atom stereocenters. The Kier molecular flexibility index (Phi) is 5.57. The number of aliphatic hydroxyl groups excluding tert-OH is 1. The Balaban J connectivity index is 2.04. The monoisotopic (exact) mass is 322 g/mol. The minimum Gasteiger partial charge on any atom is -0.393 e. The third-order valence-corrected chi connectivity index (χ3v) is 6.04. The van der Waals surface area contributed by atoms with E-state index >= 15 is 0 Å². The van der Waals surface area contributed by atoms with Crippen molar-refractivity contribution in [2.45, 2.75) is 37.5 Å². The van der Waals surface area contributed by atoms with Crippen molar-refractivity contribution in [3.63, 3.8) is 0 Å². The van der Waals surface area contributed by atoms with Gasteiger partial charge in [0.15, 0.2) is 0 Å². The van der Waals surface area contributed by atoms with Crippen molar-refractivity contribution < 1.29 is 13.5 Å². The van der Waals surface area contributed by atoms with Crippen molar-refractivity contribution in [3.8, 4) is 6.07 Å². The predicted molar refractivity (Wildman–Crippen MR) is 84.4 cm³/mol. The smallest absolute Gasteiger partial charge is 0.218 e. The molecule has 0 radical (unpaired) electrons. The quantitative estimate of drug-likeness (QED) is 0.897. The predicted octanol–water partition coefficient (Wildman–Crippen LogP) is 1.87. The molecular formula is C16H22N2O3S. The van der Waals surface area contributed by atoms with Crippen LogP contribution >= 0.6 is 0 Å². The molecule has 1 aromatic rings. The molecule has 2 rings (SSSR count). The molecule has 6 heteroatoms. The van der Waals surface area contributed by atoms with E-state index in [0.29, 0.717) is 17.7 Å². The van der Waals surface area contributed by atoms with E-state index in [9.17, 15) is 13.5 Å². The molecule has 1 aromatic carbocycles. The van der Waals surface area contributed by atoms with E-state index in [1.807, 2.05) is 6.07 Å². The summed E-state index contributed by atoms with van der Waals surface area (Å²) in [5.41, 5.74) is 1.06. The fourth-order valence-electron chi connectivity index (χ4n) is 2.90. The van der Waals surface area contributed by atoms with E-state index in [4.69, 9.17) is 5.26 Å². The van der Waals surface area contributed by atoms with Crippen molar-refractivity contribution >= 4 is 10.0 Å². The normalized spacial score (nSPS) is 22.5. The highest BCUT2D eigenvalue weighted by Crippen LogP contribution is 2.26. The summed E-state index contributed by atoms with van der Waals surface area (Å²) in [7, 11) is -1.89. The van der Waals surface area contributed by atoms with Gasteiger partial charge in [0.25, 0.3) is 0 Å². The summed E-state index contributed by atoms with van der Waals surface area (Å²) >= 11 is 0. The van der Waals surface area contributed by atoms with Crippen LogP contribution in [0.2, 0.25) is 0 Å². The zero-order valence-corrected chi connectivity index (χ0v) is 13.6. The maximum atomic E-state index is 12.4. The third-order valence-electron chi connectivity index (χ3n) is 4.24. The van der Waals surface area contributed by atoms with Crippen molar-refractivity contribution in [3.05, 3.63) is 35.4 Å². The molecule has 0 heterocycles. The lowest BCUT2D eigenvalue weighted by Crippen LogP contribution is -2.38. The van der Waals surface area contributed by atoms with E-state index in [1.165, 1.54) is 4.31 Å². The molecule has 0 amide bonds. The topological polar surface area (TPSA) is 81.4 Å². The van der Waals surface area contributed by atoms with E-state index in [-0.39, 0.29) is 11.7 Å². The summed E-state index contributed by atoms with van der Waals surface area (Å²) in [6.45, 7) is 0.349. The summed E-state index contributed by atoms with van der Waals surface area (Å²) in [4.78, 5) is 0. The minimum atomic E-state index is -3.45. The second-order valence-corrected chi connectivity index (χ2v) is 8.04. The molecule has 2 unspecified atom stereocenters. The van der Waals surface area contributed by atoms with Crippen LogP contribution in [-0.2, 0) is 15.8 Å². The van der Waals surface area contributed by atoms with Gasteiger partial charge in [-0.2, -0.15) is 5.26 Å². The third kappa shape index (κ3) is 4.29. The second kappa shape index (κ2) is 7.23. The number of hydrogen-bond acceptors (Lipinski definition) is 4. The lowest BCUT2D eigenvalue weighted by Gasteiger charge is -2.30. The van der Waals surface area contributed by atoms with Gasteiger partial charge in [0.1, 0.15) is 0 Å². The average molecular weight is 322 g/mol. The number of hydrogen-bond donors (Lipinski definition) is 1. The van der Waals surface area contributed by atoms with E-state index < -0.39 is 16.1 Å². The summed E-state index contributed by atoms with van der Waals surface area (Å²) in [6.07, 6.45) is 3.26. The van der Waals surface area contributed by atoms with Gasteiger partial charge in [0, 0.05) is 13.6 Å². The Morgan fingerprint density at radius 2 is 2.09 bits per heavy atom. The highest BCUT2D eigenvalue weighted by Gasteiger charge is 2.28. The molecule has 0 saturated heterocycles. The fraction of sp³-hybridized carbons (Fsp3) is 0.562. The molecule has 0 aliphatic heterocycles. The molecule has 120 valence electrons. The molecule has 1 fully saturated rings. The van der Waals surface area contributed by atoms with Crippen LogP contribution in [0.5, 0.6) is 0 Å². The van der Waals surface area contributed by atoms with Crippen LogP contribution in [0.15, 0.2) is 24.3 Å². The van der Waals surface area contributed by atoms with Gasteiger partial charge in [-0.25, -0.2) is 12.7 Å². The van der Waals surface area contributed by atoms with Gasteiger partial charge in [0.2, 0.25) is 10.0 Å². The Labute approximate surface area is 132 Å². The van der Waals surface area contributed by atoms with Gasteiger partial charge in [-0.05, 0) is 36.5 Å². The molecule has 1 saturated carbocycles. The first-order valence-electron chi connectivity index (χ1n) is 7.53. The minimum absolute atomic E-state index is 0.0129. The highest BCUT2D eigenvalue weighted by atomic mass is 32.2. The largest absolute Gasteiger partial charge is 0.393 e. The number of aliphatic hydroxyl groups is 1. The van der Waals surface area contributed by atoms with Crippen LogP contribution in [0.3, 0.4) is 0 Å². The van der Waals surface area contributed by atoms with E-state index in [1.54, 1.807) is 31.3 Å². The lowest BCUT2D eigenvalue weighted by molar-refractivity contribution is 0.0620. The van der Waals surface area contributed by atoms with Gasteiger partial charge in [-0.1, -0.05) is 25.0 Å². The van der Waals surface area contributed by atoms with Crippen LogP contribution in [0, 0.1) is 17.2 Å². The van der Waals surface area contributed by atoms with Gasteiger partial charge in [-0.15, -0.1) is 0 Å². The number of sulfonamides is 1. The van der Waals surface area contributed by atoms with Crippen LogP contribution in [0.4, 0.5) is 0 Å². The lowest BCUT2D eigenvalue weighted by atomic mass is 9.86. The van der Waals surface area contributed by atoms with E-state index in [2.05, 4.69) is 0 Å². The van der Waals surface area contributed by atoms with Crippen molar-refractivity contribution in [1.29, 1.82) is 5.26 Å². The summed E-state index contributed by atoms with van der Waals surface area (Å²) in [5.74, 6) is -0.110. The Morgan fingerprint density at radius 1 is 1.36 bits per heavy atom. The molecule has 0 spiro atoms. The Bertz CT molecular complexity index is 652. The zero-order valence-electron chi connectivity index (χ0n) is 12.8. The van der Waals surface area contributed by atoms with Crippen molar-refractivity contribution in [2.75, 3.05) is 13.6 Å². The molecule has 0 aromatic heterocycles. The molecule has 0 bridgehead atoms. The highest BCUT2D eigenvalue weighted by molar-refractivity contribution is 7.88. The summed E-state index contributed by atoms with van der Waals surface area (Å²) in [5, 5.41) is 18.9. The first-order valence-corrected chi connectivity index (χ1v) is 9.14. The van der Waals surface area contributed by atoms with Gasteiger partial charge < -0.3 is 5.11 Å². The maximum Gasteiger partial charge on any atom is 0.218 e. The first kappa shape index (κ1) is 16.9. The molecule has 1 aliphatic carbocycles. The van der Waals surface area contributed by atoms with Gasteiger partial charge in [-0.3, -0.25) is 0 Å². The zero-order chi connectivity index (χ0) is 16.2. The molecule has 22 heavy (non-hydrogen) atoms. The SMILES string of the molecule is CN(CC1CCCCC1O)S(=O)(=O)Cc1cccc(C#N)c1. The fourth-order valence-corrected chi connectivity index (χ4v) is 4.14. The maximum absolute atomic E-state index is 12.4. The Morgan fingerprint density at radius 3 is 2.77 bits per heavy atom. The van der Waals surface area contributed by atoms with E-state index in [0.717, 1.165) is 25.7 Å². The number of rotatable bonds is 5. The summed E-state index contributed by atoms with van der Waals surface area (Å²) in [6, 6.07) is 8.66. The Hall–Kier alpha value is -1.42. The van der Waals surface area contributed by atoms with Crippen molar-refractivity contribution in [2.24, 2.45) is 5.92 Å². The van der Waals surface area contributed by atoms with Crippen LogP contribution in [0.1, 0.15) is 36.8 Å². The molecule has 1 N–H and O–H groups in total. The first-order chi connectivity index (χ1) is 10.4. The van der Waals surface area contributed by atoms with Crippen LogP contribution in [0.25, 0.3) is 0 Å². The average Bonchev–Trinajstić information content (AvgIpc) is 2.49. The standard InChI is InChI=1S/C16H22N2O3S/c1-18(11-15-7-2-3-8-16(15)19)22(20,21)12-14-6-4-5-13(9-14)10-17/h4-6,9,15-16,19H,2-3,7-8,11-12H2,1H3. The number of benzene rings is 1. The molecule has 1 aliphatic rings. The van der Waals surface area contributed by atoms with Crippen LogP contribution in [-0.4, -0.2) is 37.5 Å². The van der Waals surface area contributed by atoms with Crippen LogP contribution < -0.4 is 0 Å². The summed E-state index contributed by atoms with van der Waals surface area (Å²) < 4.78 is 26.2. The number of nitriles is 1. The molecular weight excluding hydrogens is 300 g/mol. The van der Waals surface area contributed by atoms with Gasteiger partial charge >= 0.3 is 0 Å².